The third-order valence-electron chi connectivity index (χ3n) is 2.04. The van der Waals surface area contributed by atoms with Gasteiger partial charge in [-0.15, -0.1) is 9.24 Å². The largest absolute Gasteiger partial charge is 0.304 e. The second-order valence-electron chi connectivity index (χ2n) is 2.93. The standard InChI is InChI=1S/C7H17N2P/c1-8-2-4-9(5-3-8)6-7-10/h2-7,10H2,1H3. The summed E-state index contributed by atoms with van der Waals surface area (Å²) >= 11 is 0. The Balaban J connectivity index is 2.13. The molecule has 1 saturated heterocycles. The molecular formula is C7H17N2P. The Kier molecular flexibility index (Phi) is 3.61. The number of rotatable bonds is 2. The minimum absolute atomic E-state index is 1.21. The van der Waals surface area contributed by atoms with Crippen LogP contribution in [0.25, 0.3) is 0 Å². The highest BCUT2D eigenvalue weighted by Crippen LogP contribution is 1.98. The van der Waals surface area contributed by atoms with Crippen molar-refractivity contribution in [2.24, 2.45) is 0 Å². The van der Waals surface area contributed by atoms with Crippen LogP contribution in [0.5, 0.6) is 0 Å². The highest BCUT2D eigenvalue weighted by molar-refractivity contribution is 7.16. The molecule has 1 fully saturated rings. The lowest BCUT2D eigenvalue weighted by molar-refractivity contribution is 0.161. The van der Waals surface area contributed by atoms with Crippen molar-refractivity contribution in [1.29, 1.82) is 0 Å². The molecule has 0 amide bonds. The molecule has 1 rings (SSSR count). The molecule has 0 bridgehead atoms. The van der Waals surface area contributed by atoms with E-state index in [1.165, 1.54) is 38.9 Å². The lowest BCUT2D eigenvalue weighted by Crippen LogP contribution is -2.44. The van der Waals surface area contributed by atoms with E-state index in [1.54, 1.807) is 0 Å². The fraction of sp³-hybridized carbons (Fsp3) is 1.00. The van der Waals surface area contributed by atoms with Crippen molar-refractivity contribution < 1.29 is 0 Å². The quantitative estimate of drug-likeness (QED) is 0.529. The number of hydrogen-bond acceptors (Lipinski definition) is 2. The van der Waals surface area contributed by atoms with E-state index in [-0.39, 0.29) is 0 Å². The topological polar surface area (TPSA) is 6.48 Å². The van der Waals surface area contributed by atoms with Crippen molar-refractivity contribution in [3.63, 3.8) is 0 Å². The molecular weight excluding hydrogens is 143 g/mol. The van der Waals surface area contributed by atoms with E-state index < -0.39 is 0 Å². The second-order valence-corrected chi connectivity index (χ2v) is 3.51. The van der Waals surface area contributed by atoms with Crippen LogP contribution in [0, 0.1) is 0 Å². The Morgan fingerprint density at radius 3 is 2.30 bits per heavy atom. The monoisotopic (exact) mass is 160 g/mol. The normalized spacial score (nSPS) is 23.4. The summed E-state index contributed by atoms with van der Waals surface area (Å²) in [5, 5.41) is 0. The van der Waals surface area contributed by atoms with Gasteiger partial charge in [-0.2, -0.15) is 0 Å². The van der Waals surface area contributed by atoms with Gasteiger partial charge in [-0.25, -0.2) is 0 Å². The summed E-state index contributed by atoms with van der Waals surface area (Å²) in [4.78, 5) is 4.91. The van der Waals surface area contributed by atoms with Gasteiger partial charge in [0.05, 0.1) is 0 Å². The van der Waals surface area contributed by atoms with Crippen LogP contribution in [0.2, 0.25) is 0 Å². The summed E-state index contributed by atoms with van der Waals surface area (Å²) in [6.45, 7) is 6.24. The van der Waals surface area contributed by atoms with Gasteiger partial charge in [0.25, 0.3) is 0 Å². The first-order valence-corrected chi connectivity index (χ1v) is 4.75. The SMILES string of the molecule is CN1CCN(CCP)CC1. The zero-order valence-corrected chi connectivity index (χ0v) is 7.87. The first kappa shape index (κ1) is 8.45. The zero-order valence-electron chi connectivity index (χ0n) is 6.71. The van der Waals surface area contributed by atoms with Gasteiger partial charge < -0.3 is 9.80 Å². The van der Waals surface area contributed by atoms with Gasteiger partial charge in [-0.05, 0) is 13.2 Å². The Labute approximate surface area is 65.8 Å². The minimum Gasteiger partial charge on any atom is -0.304 e. The molecule has 1 aliphatic rings. The van der Waals surface area contributed by atoms with E-state index in [0.29, 0.717) is 0 Å². The van der Waals surface area contributed by atoms with Gasteiger partial charge in [-0.1, -0.05) is 0 Å². The molecule has 3 heteroatoms. The van der Waals surface area contributed by atoms with Gasteiger partial charge in [0, 0.05) is 32.7 Å². The maximum Gasteiger partial charge on any atom is 0.0110 e. The van der Waals surface area contributed by atoms with Gasteiger partial charge in [0.1, 0.15) is 0 Å². The van der Waals surface area contributed by atoms with Crippen molar-refractivity contribution in [3.8, 4) is 0 Å². The fourth-order valence-corrected chi connectivity index (χ4v) is 1.62. The summed E-state index contributed by atoms with van der Waals surface area (Å²) < 4.78 is 0. The number of nitrogens with zero attached hydrogens (tertiary/aromatic N) is 2. The van der Waals surface area contributed by atoms with Gasteiger partial charge in [-0.3, -0.25) is 0 Å². The molecule has 10 heavy (non-hydrogen) atoms. The van der Waals surface area contributed by atoms with Crippen molar-refractivity contribution in [2.45, 2.75) is 0 Å². The summed E-state index contributed by atoms with van der Waals surface area (Å²) in [7, 11) is 4.97. The summed E-state index contributed by atoms with van der Waals surface area (Å²) in [5.41, 5.74) is 0. The van der Waals surface area contributed by atoms with E-state index in [9.17, 15) is 0 Å². The summed E-state index contributed by atoms with van der Waals surface area (Å²) in [6, 6.07) is 0. The van der Waals surface area contributed by atoms with Gasteiger partial charge >= 0.3 is 0 Å². The molecule has 1 aliphatic heterocycles. The highest BCUT2D eigenvalue weighted by atomic mass is 31.0. The second kappa shape index (κ2) is 4.27. The molecule has 0 aromatic rings. The number of piperazine rings is 1. The van der Waals surface area contributed by atoms with Crippen molar-refractivity contribution in [3.05, 3.63) is 0 Å². The minimum atomic E-state index is 1.21. The Hall–Kier alpha value is 0.350. The summed E-state index contributed by atoms with van der Waals surface area (Å²) in [6.07, 6.45) is 1.21. The molecule has 0 aliphatic carbocycles. The number of likely N-dealkylation sites (N-methyl/N-ethyl adjacent to an activating group) is 1. The smallest absolute Gasteiger partial charge is 0.0110 e. The van der Waals surface area contributed by atoms with E-state index >= 15 is 0 Å². The predicted molar refractivity (Wildman–Crippen MR) is 48.5 cm³/mol. The van der Waals surface area contributed by atoms with Crippen molar-refractivity contribution >= 4 is 9.24 Å². The Morgan fingerprint density at radius 2 is 1.80 bits per heavy atom. The fourth-order valence-electron chi connectivity index (χ4n) is 1.25. The van der Waals surface area contributed by atoms with Crippen LogP contribution in [0.4, 0.5) is 0 Å². The van der Waals surface area contributed by atoms with Gasteiger partial charge in [0.15, 0.2) is 0 Å². The van der Waals surface area contributed by atoms with E-state index in [0.717, 1.165) is 0 Å². The maximum absolute atomic E-state index is 2.78. The van der Waals surface area contributed by atoms with Crippen LogP contribution in [0.1, 0.15) is 0 Å². The van der Waals surface area contributed by atoms with Gasteiger partial charge in [0.2, 0.25) is 0 Å². The third-order valence-corrected chi connectivity index (χ3v) is 2.30. The molecule has 0 N–H and O–H groups in total. The van der Waals surface area contributed by atoms with E-state index in [4.69, 9.17) is 0 Å². The van der Waals surface area contributed by atoms with Crippen molar-refractivity contribution in [1.82, 2.24) is 9.80 Å². The van der Waals surface area contributed by atoms with Crippen LogP contribution in [0.3, 0.4) is 0 Å². The van der Waals surface area contributed by atoms with Crippen LogP contribution in [0.15, 0.2) is 0 Å². The van der Waals surface area contributed by atoms with Crippen LogP contribution in [-0.2, 0) is 0 Å². The van der Waals surface area contributed by atoms with E-state index in [2.05, 4.69) is 26.1 Å². The zero-order chi connectivity index (χ0) is 7.40. The average Bonchev–Trinajstić information content (AvgIpc) is 1.95. The van der Waals surface area contributed by atoms with Crippen LogP contribution in [-0.4, -0.2) is 55.7 Å². The van der Waals surface area contributed by atoms with Crippen LogP contribution >= 0.6 is 9.24 Å². The molecule has 0 radical (unpaired) electrons. The lowest BCUT2D eigenvalue weighted by Gasteiger charge is -2.31. The lowest BCUT2D eigenvalue weighted by atomic mass is 10.3. The van der Waals surface area contributed by atoms with E-state index in [1.807, 2.05) is 0 Å². The molecule has 0 saturated carbocycles. The van der Waals surface area contributed by atoms with Crippen molar-refractivity contribution in [2.75, 3.05) is 45.9 Å². The first-order chi connectivity index (χ1) is 4.83. The maximum atomic E-state index is 2.78. The average molecular weight is 160 g/mol. The predicted octanol–water partition coefficient (Wildman–Crippen LogP) is 0.109. The number of hydrogen-bond donors (Lipinski definition) is 0. The van der Waals surface area contributed by atoms with Crippen LogP contribution < -0.4 is 0 Å². The molecule has 1 unspecified atom stereocenters. The third kappa shape index (κ3) is 2.53. The molecule has 1 heterocycles. The molecule has 1 atom stereocenters. The Morgan fingerprint density at radius 1 is 1.20 bits per heavy atom. The first-order valence-electron chi connectivity index (χ1n) is 3.94. The molecule has 2 nitrogen and oxygen atoms in total. The Bertz CT molecular complexity index is 89.6. The highest BCUT2D eigenvalue weighted by Gasteiger charge is 2.11. The molecule has 0 spiro atoms. The molecule has 60 valence electrons. The summed E-state index contributed by atoms with van der Waals surface area (Å²) in [5.74, 6) is 0. The molecule has 0 aromatic heterocycles. The molecule has 0 aromatic carbocycles.